The van der Waals surface area contributed by atoms with Gasteiger partial charge in [-0.3, -0.25) is 4.79 Å². The first-order valence-electron chi connectivity index (χ1n) is 8.16. The molecule has 1 aliphatic carbocycles. The van der Waals surface area contributed by atoms with Gasteiger partial charge >= 0.3 is 5.76 Å². The lowest BCUT2D eigenvalue weighted by Crippen LogP contribution is -2.27. The minimum absolute atomic E-state index is 0.205. The van der Waals surface area contributed by atoms with E-state index in [1.54, 1.807) is 18.3 Å². The monoisotopic (exact) mass is 359 g/mol. The van der Waals surface area contributed by atoms with Crippen LogP contribution in [0.15, 0.2) is 39.0 Å². The number of hydrogen-bond donors (Lipinski definition) is 1. The molecule has 0 aliphatic heterocycles. The molecule has 0 unspecified atom stereocenters. The number of rotatable bonds is 5. The normalized spacial score (nSPS) is 14.9. The van der Waals surface area contributed by atoms with Crippen molar-refractivity contribution in [3.05, 3.63) is 40.3 Å². The van der Waals surface area contributed by atoms with Gasteiger partial charge in [0.1, 0.15) is 12.4 Å². The third-order valence-electron chi connectivity index (χ3n) is 4.24. The Labute approximate surface area is 147 Å². The van der Waals surface area contributed by atoms with Gasteiger partial charge < -0.3 is 9.73 Å². The maximum atomic E-state index is 12.3. The largest absolute Gasteiger partial charge is 0.437 e. The molecule has 8 nitrogen and oxygen atoms in total. The first-order chi connectivity index (χ1) is 12.2. The van der Waals surface area contributed by atoms with Crippen LogP contribution >= 0.6 is 11.3 Å². The Kier molecular flexibility index (Phi) is 4.22. The lowest BCUT2D eigenvalue weighted by molar-refractivity contribution is -0.117. The number of carbonyl (C=O) groups is 1. The fourth-order valence-electron chi connectivity index (χ4n) is 3.08. The number of amides is 1. The van der Waals surface area contributed by atoms with Crippen molar-refractivity contribution in [1.29, 1.82) is 0 Å². The summed E-state index contributed by atoms with van der Waals surface area (Å²) in [6.07, 6.45) is 6.16. The van der Waals surface area contributed by atoms with Crippen LogP contribution in [0.2, 0.25) is 0 Å². The van der Waals surface area contributed by atoms with E-state index in [0.29, 0.717) is 11.9 Å². The van der Waals surface area contributed by atoms with Crippen molar-refractivity contribution in [3.8, 4) is 10.8 Å². The zero-order chi connectivity index (χ0) is 17.2. The van der Waals surface area contributed by atoms with Crippen LogP contribution in [-0.2, 0) is 11.3 Å². The van der Waals surface area contributed by atoms with Crippen LogP contribution in [0.3, 0.4) is 0 Å². The highest BCUT2D eigenvalue weighted by Gasteiger charge is 2.21. The molecule has 3 aromatic rings. The molecule has 3 heterocycles. The number of thiophene rings is 1. The highest BCUT2D eigenvalue weighted by molar-refractivity contribution is 7.13. The van der Waals surface area contributed by atoms with Crippen molar-refractivity contribution in [2.45, 2.75) is 38.3 Å². The van der Waals surface area contributed by atoms with E-state index in [-0.39, 0.29) is 18.3 Å². The third-order valence-corrected chi connectivity index (χ3v) is 5.10. The van der Waals surface area contributed by atoms with Crippen LogP contribution < -0.4 is 11.1 Å². The lowest BCUT2D eigenvalue weighted by atomic mass is 10.2. The topological polar surface area (TPSA) is 94.9 Å². The van der Waals surface area contributed by atoms with Crippen LogP contribution in [0.1, 0.15) is 31.7 Å². The molecule has 4 rings (SSSR count). The molecule has 1 amide bonds. The summed E-state index contributed by atoms with van der Waals surface area (Å²) in [6.45, 7) is -0.205. The highest BCUT2D eigenvalue weighted by Crippen LogP contribution is 2.31. The van der Waals surface area contributed by atoms with Crippen LogP contribution in [0.25, 0.3) is 10.8 Å². The molecule has 0 radical (unpaired) electrons. The summed E-state index contributed by atoms with van der Waals surface area (Å²) in [4.78, 5) is 24.9. The summed E-state index contributed by atoms with van der Waals surface area (Å²) in [5.41, 5.74) is 0. The van der Waals surface area contributed by atoms with Crippen LogP contribution in [0.5, 0.6) is 0 Å². The van der Waals surface area contributed by atoms with E-state index >= 15 is 0 Å². The molecule has 25 heavy (non-hydrogen) atoms. The van der Waals surface area contributed by atoms with Gasteiger partial charge in [0.25, 0.3) is 5.89 Å². The Balaban J connectivity index is 1.46. The highest BCUT2D eigenvalue weighted by atomic mass is 32.1. The molecule has 1 fully saturated rings. The van der Waals surface area contributed by atoms with Gasteiger partial charge in [-0.25, -0.2) is 9.48 Å². The Bertz CT molecular complexity index is 918. The van der Waals surface area contributed by atoms with Crippen molar-refractivity contribution in [2.75, 3.05) is 5.32 Å². The van der Waals surface area contributed by atoms with Crippen molar-refractivity contribution in [2.24, 2.45) is 0 Å². The molecule has 3 aromatic heterocycles. The number of nitrogens with one attached hydrogen (secondary N) is 1. The molecule has 130 valence electrons. The fourth-order valence-corrected chi connectivity index (χ4v) is 3.72. The smallest absolute Gasteiger partial charge is 0.387 e. The molecular formula is C16H17N5O3S. The predicted molar refractivity (Wildman–Crippen MR) is 92.4 cm³/mol. The number of anilines is 1. The van der Waals surface area contributed by atoms with Crippen molar-refractivity contribution >= 4 is 23.1 Å². The minimum Gasteiger partial charge on any atom is -0.387 e. The van der Waals surface area contributed by atoms with Gasteiger partial charge in [0.05, 0.1) is 17.1 Å². The zero-order valence-electron chi connectivity index (χ0n) is 13.4. The SMILES string of the molecule is O=C(Cn1nc(-c2cccs2)oc1=O)Nc1ccnn1C1CCCC1. The number of nitrogens with zero attached hydrogens (tertiary/aromatic N) is 4. The first-order valence-corrected chi connectivity index (χ1v) is 9.04. The summed E-state index contributed by atoms with van der Waals surface area (Å²) in [5.74, 6) is -0.119. The average Bonchev–Trinajstić information content (AvgIpc) is 3.35. The molecule has 0 aromatic carbocycles. The zero-order valence-corrected chi connectivity index (χ0v) is 14.2. The summed E-state index contributed by atoms with van der Waals surface area (Å²) in [5, 5.41) is 13.1. The van der Waals surface area contributed by atoms with Gasteiger partial charge in [-0.2, -0.15) is 9.78 Å². The summed E-state index contributed by atoms with van der Waals surface area (Å²) in [6, 6.07) is 5.74. The number of aromatic nitrogens is 4. The second-order valence-electron chi connectivity index (χ2n) is 5.96. The molecule has 0 spiro atoms. The Morgan fingerprint density at radius 2 is 2.20 bits per heavy atom. The van der Waals surface area contributed by atoms with Crippen molar-refractivity contribution < 1.29 is 9.21 Å². The molecule has 0 atom stereocenters. The number of carbonyl (C=O) groups excluding carboxylic acids is 1. The molecule has 9 heteroatoms. The quantitative estimate of drug-likeness (QED) is 0.755. The van der Waals surface area contributed by atoms with Crippen molar-refractivity contribution in [1.82, 2.24) is 19.6 Å². The van der Waals surface area contributed by atoms with Crippen LogP contribution in [0, 0.1) is 0 Å². The van der Waals surface area contributed by atoms with Gasteiger partial charge in [-0.1, -0.05) is 18.9 Å². The molecular weight excluding hydrogens is 342 g/mol. The minimum atomic E-state index is -0.650. The summed E-state index contributed by atoms with van der Waals surface area (Å²) in [7, 11) is 0. The number of hydrogen-bond acceptors (Lipinski definition) is 6. The van der Waals surface area contributed by atoms with E-state index in [2.05, 4.69) is 15.5 Å². The molecule has 1 saturated carbocycles. The van der Waals surface area contributed by atoms with E-state index < -0.39 is 5.76 Å². The van der Waals surface area contributed by atoms with E-state index in [1.807, 2.05) is 16.1 Å². The van der Waals surface area contributed by atoms with E-state index in [9.17, 15) is 9.59 Å². The first kappa shape index (κ1) is 15.8. The Morgan fingerprint density at radius 1 is 1.36 bits per heavy atom. The maximum absolute atomic E-state index is 12.3. The van der Waals surface area contributed by atoms with Gasteiger partial charge in [-0.15, -0.1) is 16.4 Å². The van der Waals surface area contributed by atoms with Crippen molar-refractivity contribution in [3.63, 3.8) is 0 Å². The standard InChI is InChI=1S/C16H17N5O3S/c22-14(18-13-7-8-17-21(13)11-4-1-2-5-11)10-20-16(23)24-15(19-20)12-6-3-9-25-12/h3,6-9,11H,1-2,4-5,10H2,(H,18,22). The molecule has 0 saturated heterocycles. The third kappa shape index (κ3) is 3.27. The van der Waals surface area contributed by atoms with Crippen LogP contribution in [-0.4, -0.2) is 25.5 Å². The molecule has 1 N–H and O–H groups in total. The van der Waals surface area contributed by atoms with Gasteiger partial charge in [0.15, 0.2) is 0 Å². The summed E-state index contributed by atoms with van der Waals surface area (Å²) >= 11 is 1.42. The summed E-state index contributed by atoms with van der Waals surface area (Å²) < 4.78 is 7.99. The van der Waals surface area contributed by atoms with Crippen LogP contribution in [0.4, 0.5) is 5.82 Å². The van der Waals surface area contributed by atoms with E-state index in [4.69, 9.17) is 4.42 Å². The van der Waals surface area contributed by atoms with Gasteiger partial charge in [-0.05, 0) is 24.3 Å². The van der Waals surface area contributed by atoms with E-state index in [1.165, 1.54) is 24.2 Å². The second-order valence-corrected chi connectivity index (χ2v) is 6.90. The van der Waals surface area contributed by atoms with E-state index in [0.717, 1.165) is 22.4 Å². The second kappa shape index (κ2) is 6.67. The Morgan fingerprint density at radius 3 is 2.96 bits per heavy atom. The van der Waals surface area contributed by atoms with Gasteiger partial charge in [0.2, 0.25) is 5.91 Å². The predicted octanol–water partition coefficient (Wildman–Crippen LogP) is 2.52. The van der Waals surface area contributed by atoms with Gasteiger partial charge in [0, 0.05) is 6.07 Å². The average molecular weight is 359 g/mol. The maximum Gasteiger partial charge on any atom is 0.437 e. The molecule has 0 bridgehead atoms. The lowest BCUT2D eigenvalue weighted by Gasteiger charge is -2.14. The fraction of sp³-hybridized carbons (Fsp3) is 0.375. The Hall–Kier alpha value is -2.68. The molecule has 1 aliphatic rings.